The number of rotatable bonds is 5. The maximum atomic E-state index is 13.6. The monoisotopic (exact) mass is 316 g/mol. The summed E-state index contributed by atoms with van der Waals surface area (Å²) < 4.78 is 46.6. The molecule has 2 N–H and O–H groups in total. The van der Waals surface area contributed by atoms with Crippen LogP contribution in [0, 0.1) is 5.82 Å². The van der Waals surface area contributed by atoms with Crippen LogP contribution in [0.25, 0.3) is 0 Å². The van der Waals surface area contributed by atoms with E-state index in [2.05, 4.69) is 10.0 Å². The van der Waals surface area contributed by atoms with Gasteiger partial charge in [0.15, 0.2) is 0 Å². The molecule has 2 rings (SSSR count). The van der Waals surface area contributed by atoms with Crippen LogP contribution in [0.15, 0.2) is 23.1 Å². The molecule has 118 valence electrons. The van der Waals surface area contributed by atoms with E-state index in [1.165, 1.54) is 18.2 Å². The first kappa shape index (κ1) is 16.4. The van der Waals surface area contributed by atoms with Gasteiger partial charge in [-0.3, -0.25) is 0 Å². The lowest BCUT2D eigenvalue weighted by atomic mass is 9.97. The van der Waals surface area contributed by atoms with Crippen LogP contribution in [0.3, 0.4) is 0 Å². The Balaban J connectivity index is 2.24. The Bertz CT molecular complexity index is 598. The maximum absolute atomic E-state index is 13.6. The normalized spacial score (nSPS) is 23.2. The van der Waals surface area contributed by atoms with Crippen LogP contribution in [-0.4, -0.2) is 34.2 Å². The van der Waals surface area contributed by atoms with Crippen molar-refractivity contribution in [2.75, 3.05) is 20.3 Å². The van der Waals surface area contributed by atoms with E-state index in [1.54, 1.807) is 7.05 Å². The average Bonchev–Trinajstić information content (AvgIpc) is 2.41. The lowest BCUT2D eigenvalue weighted by Gasteiger charge is -2.33. The van der Waals surface area contributed by atoms with Crippen LogP contribution in [0.4, 0.5) is 4.39 Å². The lowest BCUT2D eigenvalue weighted by molar-refractivity contribution is 0.0386. The van der Waals surface area contributed by atoms with Crippen molar-refractivity contribution >= 4 is 10.0 Å². The molecule has 1 aromatic rings. The fourth-order valence-corrected chi connectivity index (χ4v) is 3.91. The van der Waals surface area contributed by atoms with Gasteiger partial charge in [0.2, 0.25) is 10.0 Å². The quantitative estimate of drug-likeness (QED) is 0.861. The van der Waals surface area contributed by atoms with Crippen molar-refractivity contribution in [2.45, 2.75) is 36.7 Å². The highest BCUT2D eigenvalue weighted by Gasteiger charge is 2.33. The first-order valence-electron chi connectivity index (χ1n) is 6.91. The van der Waals surface area contributed by atoms with Crippen molar-refractivity contribution in [3.63, 3.8) is 0 Å². The highest BCUT2D eigenvalue weighted by Crippen LogP contribution is 2.22. The van der Waals surface area contributed by atoms with Crippen LogP contribution >= 0.6 is 0 Å². The van der Waals surface area contributed by atoms with Crippen LogP contribution in [-0.2, 0) is 21.3 Å². The Morgan fingerprint density at radius 2 is 2.19 bits per heavy atom. The first-order chi connectivity index (χ1) is 9.86. The molecule has 1 aromatic carbocycles. The fraction of sp³-hybridized carbons (Fsp3) is 0.571. The van der Waals surface area contributed by atoms with Crippen molar-refractivity contribution in [2.24, 2.45) is 0 Å². The average molecular weight is 316 g/mol. The SMILES string of the molecule is CNCc1cc(S(=O)(=O)NC2(C)CCCOC2)ccc1F. The van der Waals surface area contributed by atoms with Gasteiger partial charge in [-0.15, -0.1) is 0 Å². The van der Waals surface area contributed by atoms with Gasteiger partial charge in [0, 0.05) is 18.7 Å². The molecule has 0 radical (unpaired) electrons. The van der Waals surface area contributed by atoms with Crippen molar-refractivity contribution in [1.29, 1.82) is 0 Å². The summed E-state index contributed by atoms with van der Waals surface area (Å²) in [5.74, 6) is -0.421. The maximum Gasteiger partial charge on any atom is 0.241 e. The predicted octanol–water partition coefficient (Wildman–Crippen LogP) is 1.39. The minimum Gasteiger partial charge on any atom is -0.380 e. The fourth-order valence-electron chi connectivity index (χ4n) is 2.44. The molecule has 1 atom stereocenters. The van der Waals surface area contributed by atoms with Gasteiger partial charge in [-0.1, -0.05) is 0 Å². The van der Waals surface area contributed by atoms with E-state index in [0.717, 1.165) is 12.8 Å². The Labute approximate surface area is 124 Å². The number of hydrogen-bond acceptors (Lipinski definition) is 4. The Kier molecular flexibility index (Phi) is 4.98. The van der Waals surface area contributed by atoms with Crippen molar-refractivity contribution < 1.29 is 17.5 Å². The van der Waals surface area contributed by atoms with Gasteiger partial charge in [-0.05, 0) is 45.0 Å². The molecule has 1 heterocycles. The Hall–Kier alpha value is -1.02. The summed E-state index contributed by atoms with van der Waals surface area (Å²) in [6, 6.07) is 3.83. The molecule has 0 saturated carbocycles. The summed E-state index contributed by atoms with van der Waals surface area (Å²) in [6.45, 7) is 3.09. The molecule has 21 heavy (non-hydrogen) atoms. The second kappa shape index (κ2) is 6.39. The zero-order valence-corrected chi connectivity index (χ0v) is 13.1. The van der Waals surface area contributed by atoms with Gasteiger partial charge >= 0.3 is 0 Å². The third-order valence-corrected chi connectivity index (χ3v) is 5.15. The number of benzene rings is 1. The summed E-state index contributed by atoms with van der Waals surface area (Å²) in [4.78, 5) is 0.0703. The lowest BCUT2D eigenvalue weighted by Crippen LogP contribution is -2.51. The van der Waals surface area contributed by atoms with Crippen LogP contribution in [0.2, 0.25) is 0 Å². The molecule has 1 fully saturated rings. The van der Waals surface area contributed by atoms with Gasteiger partial charge in [0.1, 0.15) is 5.82 Å². The molecule has 1 aliphatic heterocycles. The third-order valence-electron chi connectivity index (χ3n) is 3.51. The van der Waals surface area contributed by atoms with Crippen molar-refractivity contribution in [3.05, 3.63) is 29.6 Å². The Morgan fingerprint density at radius 3 is 2.81 bits per heavy atom. The van der Waals surface area contributed by atoms with Crippen molar-refractivity contribution in [1.82, 2.24) is 10.0 Å². The minimum absolute atomic E-state index is 0.0703. The molecule has 0 aliphatic carbocycles. The molecular formula is C14H21FN2O3S. The van der Waals surface area contributed by atoms with Crippen LogP contribution in [0.1, 0.15) is 25.3 Å². The van der Waals surface area contributed by atoms with Gasteiger partial charge in [-0.2, -0.15) is 0 Å². The molecule has 1 aliphatic rings. The Morgan fingerprint density at radius 1 is 1.43 bits per heavy atom. The number of halogens is 1. The van der Waals surface area contributed by atoms with Gasteiger partial charge in [0.25, 0.3) is 0 Å². The number of hydrogen-bond donors (Lipinski definition) is 2. The smallest absolute Gasteiger partial charge is 0.241 e. The summed E-state index contributed by atoms with van der Waals surface area (Å²) in [7, 11) is -2.02. The van der Waals surface area contributed by atoms with Gasteiger partial charge in [0.05, 0.1) is 17.0 Å². The summed E-state index contributed by atoms with van der Waals surface area (Å²) in [6.07, 6.45) is 1.53. The highest BCUT2D eigenvalue weighted by atomic mass is 32.2. The van der Waals surface area contributed by atoms with Crippen LogP contribution < -0.4 is 10.0 Å². The van der Waals surface area contributed by atoms with Crippen LogP contribution in [0.5, 0.6) is 0 Å². The van der Waals surface area contributed by atoms with E-state index in [1.807, 2.05) is 6.92 Å². The molecule has 1 saturated heterocycles. The second-order valence-corrected chi connectivity index (χ2v) is 7.29. The van der Waals surface area contributed by atoms with E-state index < -0.39 is 21.4 Å². The van der Waals surface area contributed by atoms with Gasteiger partial charge in [-0.25, -0.2) is 17.5 Å². The molecule has 0 aromatic heterocycles. The van der Waals surface area contributed by atoms with Gasteiger partial charge < -0.3 is 10.1 Å². The molecule has 0 bridgehead atoms. The van der Waals surface area contributed by atoms with E-state index >= 15 is 0 Å². The molecule has 7 heteroatoms. The number of ether oxygens (including phenoxy) is 1. The summed E-state index contributed by atoms with van der Waals surface area (Å²) >= 11 is 0. The molecule has 1 unspecified atom stereocenters. The zero-order chi connectivity index (χ0) is 15.5. The summed E-state index contributed by atoms with van der Waals surface area (Å²) in [5.41, 5.74) is -0.292. The molecular weight excluding hydrogens is 295 g/mol. The first-order valence-corrected chi connectivity index (χ1v) is 8.39. The second-order valence-electron chi connectivity index (χ2n) is 5.61. The standard InChI is InChI=1S/C14H21FN2O3S/c1-14(6-3-7-20-10-14)17-21(18,19)12-4-5-13(15)11(8-12)9-16-2/h4-5,8,16-17H,3,6-7,9-10H2,1-2H3. The van der Waals surface area contributed by atoms with Crippen molar-refractivity contribution in [3.8, 4) is 0 Å². The van der Waals surface area contributed by atoms with E-state index in [4.69, 9.17) is 4.74 Å². The predicted molar refractivity (Wildman–Crippen MR) is 77.9 cm³/mol. The van der Waals surface area contributed by atoms with E-state index in [-0.39, 0.29) is 11.4 Å². The number of nitrogens with one attached hydrogen (secondary N) is 2. The molecule has 0 spiro atoms. The van der Waals surface area contributed by atoms with E-state index in [9.17, 15) is 12.8 Å². The highest BCUT2D eigenvalue weighted by molar-refractivity contribution is 7.89. The molecule has 0 amide bonds. The van der Waals surface area contributed by atoms with E-state index in [0.29, 0.717) is 18.8 Å². The zero-order valence-electron chi connectivity index (χ0n) is 12.3. The topological polar surface area (TPSA) is 67.4 Å². The third kappa shape index (κ3) is 4.00. The largest absolute Gasteiger partial charge is 0.380 e. The summed E-state index contributed by atoms with van der Waals surface area (Å²) in [5, 5.41) is 2.82. The molecule has 5 nitrogen and oxygen atoms in total. The minimum atomic E-state index is -3.70. The number of sulfonamides is 1.